The SMILES string of the molecule is N#Cc1cccc(-c2nn(CC(=O)Nc3ccc4c(c3)OC(F)(F)O4)c(=O)c3[nH]cnc23)c1. The minimum absolute atomic E-state index is 0.139. The monoisotopic (exact) mass is 450 g/mol. The fraction of sp³-hybridized carbons (Fsp3) is 0.0952. The number of ether oxygens (including phenoxy) is 2. The molecule has 4 aromatic rings. The van der Waals surface area contributed by atoms with Crippen molar-refractivity contribution in [2.45, 2.75) is 12.8 Å². The number of hydrogen-bond acceptors (Lipinski definition) is 7. The molecule has 0 radical (unpaired) electrons. The van der Waals surface area contributed by atoms with Crippen LogP contribution < -0.4 is 20.3 Å². The number of halogens is 2. The zero-order chi connectivity index (χ0) is 23.2. The predicted octanol–water partition coefficient (Wildman–Crippen LogP) is 2.62. The molecule has 164 valence electrons. The number of aromatic nitrogens is 4. The van der Waals surface area contributed by atoms with Gasteiger partial charge < -0.3 is 19.8 Å². The van der Waals surface area contributed by atoms with Crippen LogP contribution in [-0.4, -0.2) is 32.0 Å². The smallest absolute Gasteiger partial charge is 0.395 e. The summed E-state index contributed by atoms with van der Waals surface area (Å²) in [7, 11) is 0. The summed E-state index contributed by atoms with van der Waals surface area (Å²) >= 11 is 0. The molecule has 12 heteroatoms. The Labute approximate surface area is 183 Å². The number of alkyl halides is 2. The molecule has 1 amide bonds. The molecule has 0 aliphatic carbocycles. The molecular weight excluding hydrogens is 438 g/mol. The Morgan fingerprint density at radius 2 is 2.03 bits per heavy atom. The molecular formula is C21H12F2N6O4. The first-order valence-electron chi connectivity index (χ1n) is 9.47. The minimum Gasteiger partial charge on any atom is -0.395 e. The fourth-order valence-electron chi connectivity index (χ4n) is 3.38. The first-order chi connectivity index (χ1) is 15.8. The van der Waals surface area contributed by atoms with Crippen LogP contribution in [-0.2, 0) is 11.3 Å². The number of anilines is 1. The van der Waals surface area contributed by atoms with E-state index >= 15 is 0 Å². The number of nitrogens with zero attached hydrogens (tertiary/aromatic N) is 4. The van der Waals surface area contributed by atoms with Gasteiger partial charge in [-0.25, -0.2) is 9.67 Å². The van der Waals surface area contributed by atoms with Gasteiger partial charge in [0.1, 0.15) is 23.3 Å². The van der Waals surface area contributed by atoms with Crippen molar-refractivity contribution in [2.75, 3.05) is 5.32 Å². The van der Waals surface area contributed by atoms with Crippen molar-refractivity contribution in [1.29, 1.82) is 5.26 Å². The Balaban J connectivity index is 1.45. The van der Waals surface area contributed by atoms with E-state index < -0.39 is 24.3 Å². The Morgan fingerprint density at radius 3 is 2.85 bits per heavy atom. The number of benzene rings is 2. The van der Waals surface area contributed by atoms with Crippen LogP contribution >= 0.6 is 0 Å². The maximum Gasteiger partial charge on any atom is 0.586 e. The topological polar surface area (TPSA) is 135 Å². The van der Waals surface area contributed by atoms with Crippen LogP contribution in [0.25, 0.3) is 22.3 Å². The third kappa shape index (κ3) is 3.72. The Kier molecular flexibility index (Phi) is 4.52. The van der Waals surface area contributed by atoms with Crippen molar-refractivity contribution < 1.29 is 23.0 Å². The maximum atomic E-state index is 13.2. The Hall–Kier alpha value is -4.79. The first-order valence-corrected chi connectivity index (χ1v) is 9.47. The summed E-state index contributed by atoms with van der Waals surface area (Å²) in [4.78, 5) is 32.3. The van der Waals surface area contributed by atoms with E-state index in [1.165, 1.54) is 24.5 Å². The summed E-state index contributed by atoms with van der Waals surface area (Å²) in [5, 5.41) is 16.0. The van der Waals surface area contributed by atoms with Gasteiger partial charge >= 0.3 is 6.29 Å². The van der Waals surface area contributed by atoms with Crippen molar-refractivity contribution >= 4 is 22.6 Å². The molecule has 1 aliphatic heterocycles. The summed E-state index contributed by atoms with van der Waals surface area (Å²) in [6, 6.07) is 12.4. The quantitative estimate of drug-likeness (QED) is 0.488. The molecule has 10 nitrogen and oxygen atoms in total. The van der Waals surface area contributed by atoms with Gasteiger partial charge in [0.15, 0.2) is 11.5 Å². The minimum atomic E-state index is -3.78. The lowest BCUT2D eigenvalue weighted by atomic mass is 10.1. The lowest BCUT2D eigenvalue weighted by molar-refractivity contribution is -0.286. The molecule has 0 saturated carbocycles. The number of nitrogens with one attached hydrogen (secondary N) is 2. The van der Waals surface area contributed by atoms with E-state index in [-0.39, 0.29) is 22.7 Å². The lowest BCUT2D eigenvalue weighted by Crippen LogP contribution is -2.30. The maximum absolute atomic E-state index is 13.2. The standard InChI is InChI=1S/C21H12F2N6O4/c22-21(23)32-14-5-4-13(7-15(14)33-21)27-16(30)9-29-20(31)19-18(25-10-26-19)17(28-29)12-3-1-2-11(6-12)8-24/h1-7,10H,9H2,(H,25,26)(H,27,30). The number of carbonyl (C=O) groups is 1. The van der Waals surface area contributed by atoms with Gasteiger partial charge in [-0.05, 0) is 24.3 Å². The summed E-state index contributed by atoms with van der Waals surface area (Å²) in [5.41, 5.74) is 1.25. The number of imidazole rings is 1. The second kappa shape index (κ2) is 7.41. The normalized spacial score (nSPS) is 13.6. The van der Waals surface area contributed by atoms with Gasteiger partial charge in [0.25, 0.3) is 5.56 Å². The molecule has 33 heavy (non-hydrogen) atoms. The molecule has 0 spiro atoms. The number of amides is 1. The fourth-order valence-corrected chi connectivity index (χ4v) is 3.38. The number of H-pyrrole nitrogens is 1. The number of fused-ring (bicyclic) bond motifs is 2. The highest BCUT2D eigenvalue weighted by atomic mass is 19.3. The molecule has 0 saturated heterocycles. The molecule has 0 bridgehead atoms. The highest BCUT2D eigenvalue weighted by Crippen LogP contribution is 2.42. The number of hydrogen-bond donors (Lipinski definition) is 2. The second-order valence-corrected chi connectivity index (χ2v) is 7.01. The van der Waals surface area contributed by atoms with Crippen molar-refractivity contribution in [3.05, 3.63) is 64.7 Å². The molecule has 0 unspecified atom stereocenters. The zero-order valence-corrected chi connectivity index (χ0v) is 16.5. The van der Waals surface area contributed by atoms with Crippen LogP contribution in [0.4, 0.5) is 14.5 Å². The van der Waals surface area contributed by atoms with Crippen LogP contribution in [0.3, 0.4) is 0 Å². The van der Waals surface area contributed by atoms with Gasteiger partial charge in [0.2, 0.25) is 5.91 Å². The van der Waals surface area contributed by atoms with Crippen molar-refractivity contribution in [1.82, 2.24) is 19.7 Å². The molecule has 2 N–H and O–H groups in total. The van der Waals surface area contributed by atoms with Crippen LogP contribution in [0.2, 0.25) is 0 Å². The van der Waals surface area contributed by atoms with E-state index in [0.29, 0.717) is 22.3 Å². The van der Waals surface area contributed by atoms with E-state index in [9.17, 15) is 18.4 Å². The van der Waals surface area contributed by atoms with E-state index in [1.54, 1.807) is 24.3 Å². The number of nitriles is 1. The zero-order valence-electron chi connectivity index (χ0n) is 16.5. The molecule has 1 aliphatic rings. The van der Waals surface area contributed by atoms with Crippen molar-refractivity contribution in [3.8, 4) is 28.8 Å². The third-order valence-corrected chi connectivity index (χ3v) is 4.78. The van der Waals surface area contributed by atoms with E-state index in [2.05, 4.69) is 29.9 Å². The Bertz CT molecular complexity index is 1520. The Morgan fingerprint density at radius 1 is 1.21 bits per heavy atom. The average Bonchev–Trinajstić information content (AvgIpc) is 3.39. The van der Waals surface area contributed by atoms with Gasteiger partial charge in [-0.2, -0.15) is 10.4 Å². The summed E-state index contributed by atoms with van der Waals surface area (Å²) in [6.45, 7) is -0.469. The second-order valence-electron chi connectivity index (χ2n) is 7.01. The van der Waals surface area contributed by atoms with Crippen molar-refractivity contribution in [3.63, 3.8) is 0 Å². The molecule has 2 aromatic carbocycles. The number of aromatic amines is 1. The highest BCUT2D eigenvalue weighted by Gasteiger charge is 2.43. The van der Waals surface area contributed by atoms with E-state index in [0.717, 1.165) is 4.68 Å². The van der Waals surface area contributed by atoms with Gasteiger partial charge in [-0.3, -0.25) is 9.59 Å². The summed E-state index contributed by atoms with van der Waals surface area (Å²) in [6.07, 6.45) is -2.45. The van der Waals surface area contributed by atoms with Crippen LogP contribution in [0, 0.1) is 11.3 Å². The predicted molar refractivity (Wildman–Crippen MR) is 110 cm³/mol. The van der Waals surface area contributed by atoms with Crippen LogP contribution in [0.5, 0.6) is 11.5 Å². The first kappa shape index (κ1) is 20.1. The summed E-state index contributed by atoms with van der Waals surface area (Å²) in [5.74, 6) is -1.03. The average molecular weight is 450 g/mol. The molecule has 0 atom stereocenters. The molecule has 2 aromatic heterocycles. The van der Waals surface area contributed by atoms with E-state index in [1.807, 2.05) is 6.07 Å². The van der Waals surface area contributed by atoms with Gasteiger partial charge in [0, 0.05) is 17.3 Å². The van der Waals surface area contributed by atoms with Gasteiger partial charge in [-0.1, -0.05) is 12.1 Å². The number of rotatable bonds is 4. The van der Waals surface area contributed by atoms with E-state index in [4.69, 9.17) is 5.26 Å². The summed E-state index contributed by atoms with van der Waals surface area (Å²) < 4.78 is 36.0. The van der Waals surface area contributed by atoms with Crippen molar-refractivity contribution in [2.24, 2.45) is 0 Å². The number of carbonyl (C=O) groups excluding carboxylic acids is 1. The lowest BCUT2D eigenvalue weighted by Gasteiger charge is -2.10. The molecule has 3 heterocycles. The molecule has 5 rings (SSSR count). The highest BCUT2D eigenvalue weighted by molar-refractivity contribution is 5.92. The molecule has 0 fully saturated rings. The van der Waals surface area contributed by atoms with Gasteiger partial charge in [-0.15, -0.1) is 8.78 Å². The van der Waals surface area contributed by atoms with Crippen LogP contribution in [0.1, 0.15) is 5.56 Å². The third-order valence-electron chi connectivity index (χ3n) is 4.78. The van der Waals surface area contributed by atoms with Crippen LogP contribution in [0.15, 0.2) is 53.6 Å². The van der Waals surface area contributed by atoms with Gasteiger partial charge in [0.05, 0.1) is 18.0 Å². The largest absolute Gasteiger partial charge is 0.586 e.